The van der Waals surface area contributed by atoms with E-state index in [1.54, 1.807) is 6.20 Å². The highest BCUT2D eigenvalue weighted by Gasteiger charge is 2.24. The molecule has 24 heavy (non-hydrogen) atoms. The molecule has 134 valence electrons. The van der Waals surface area contributed by atoms with E-state index in [-0.39, 0.29) is 0 Å². The molecule has 1 aliphatic rings. The van der Waals surface area contributed by atoms with Gasteiger partial charge in [-0.05, 0) is 38.0 Å². The number of aliphatic imine (C=N–C) groups is 1. The number of rotatable bonds is 8. The normalized spacial score (nSPS) is 20.9. The first-order valence-corrected chi connectivity index (χ1v) is 10.1. The van der Waals surface area contributed by atoms with Crippen LogP contribution in [0, 0.1) is 0 Å². The summed E-state index contributed by atoms with van der Waals surface area (Å²) in [7, 11) is 1.82. The molecule has 0 aliphatic heterocycles. The molecule has 1 saturated carbocycles. The van der Waals surface area contributed by atoms with Crippen LogP contribution in [-0.4, -0.2) is 42.1 Å². The second kappa shape index (κ2) is 10.4. The molecule has 6 heteroatoms. The van der Waals surface area contributed by atoms with Gasteiger partial charge in [-0.1, -0.05) is 19.4 Å². The Labute approximate surface area is 150 Å². The molecule has 2 N–H and O–H groups in total. The Balaban J connectivity index is 1.85. The molecular formula is C18H30N4OS. The van der Waals surface area contributed by atoms with Crippen LogP contribution in [0.3, 0.4) is 0 Å². The van der Waals surface area contributed by atoms with Crippen molar-refractivity contribution in [2.45, 2.75) is 56.9 Å². The Bertz CT molecular complexity index is 523. The fraction of sp³-hybridized carbons (Fsp3) is 0.667. The van der Waals surface area contributed by atoms with Crippen molar-refractivity contribution in [1.82, 2.24) is 15.6 Å². The van der Waals surface area contributed by atoms with Crippen LogP contribution in [0.25, 0.3) is 0 Å². The van der Waals surface area contributed by atoms with Gasteiger partial charge in [0.2, 0.25) is 5.88 Å². The van der Waals surface area contributed by atoms with Crippen LogP contribution in [0.4, 0.5) is 0 Å². The molecule has 0 spiro atoms. The lowest BCUT2D eigenvalue weighted by atomic mass is 10.2. The topological polar surface area (TPSA) is 58.5 Å². The number of nitrogens with one attached hydrogen (secondary N) is 2. The average Bonchev–Trinajstić information content (AvgIpc) is 3.07. The van der Waals surface area contributed by atoms with E-state index in [1.807, 2.05) is 30.9 Å². The number of aromatic nitrogens is 1. The second-order valence-electron chi connectivity index (χ2n) is 6.11. The Morgan fingerprint density at radius 3 is 3.04 bits per heavy atom. The van der Waals surface area contributed by atoms with Crippen molar-refractivity contribution >= 4 is 17.7 Å². The van der Waals surface area contributed by atoms with E-state index < -0.39 is 0 Å². The Morgan fingerprint density at radius 1 is 1.46 bits per heavy atom. The van der Waals surface area contributed by atoms with Crippen molar-refractivity contribution < 1.29 is 4.74 Å². The van der Waals surface area contributed by atoms with Crippen LogP contribution in [0.5, 0.6) is 5.88 Å². The van der Waals surface area contributed by atoms with Crippen LogP contribution in [0.15, 0.2) is 23.3 Å². The second-order valence-corrected chi connectivity index (χ2v) is 7.25. The SMILES string of the molecule is CCCCOc1ncccc1CNC(=NC)NC1CCC(SC)C1. The van der Waals surface area contributed by atoms with Crippen LogP contribution in [-0.2, 0) is 6.54 Å². The molecule has 1 aromatic heterocycles. The maximum atomic E-state index is 5.79. The lowest BCUT2D eigenvalue weighted by molar-refractivity contribution is 0.294. The van der Waals surface area contributed by atoms with Gasteiger partial charge in [-0.3, -0.25) is 4.99 Å². The van der Waals surface area contributed by atoms with Gasteiger partial charge in [0.15, 0.2) is 5.96 Å². The molecule has 1 aliphatic carbocycles. The summed E-state index contributed by atoms with van der Waals surface area (Å²) in [5.41, 5.74) is 1.06. The van der Waals surface area contributed by atoms with Gasteiger partial charge in [0, 0.05) is 36.6 Å². The minimum absolute atomic E-state index is 0.517. The molecule has 0 saturated heterocycles. The van der Waals surface area contributed by atoms with Gasteiger partial charge >= 0.3 is 0 Å². The highest BCUT2D eigenvalue weighted by Crippen LogP contribution is 2.28. The number of pyridine rings is 1. The Kier molecular flexibility index (Phi) is 8.22. The van der Waals surface area contributed by atoms with Gasteiger partial charge < -0.3 is 15.4 Å². The quantitative estimate of drug-likeness (QED) is 0.428. The van der Waals surface area contributed by atoms with E-state index >= 15 is 0 Å². The minimum Gasteiger partial charge on any atom is -0.477 e. The summed E-state index contributed by atoms with van der Waals surface area (Å²) < 4.78 is 5.79. The number of hydrogen-bond acceptors (Lipinski definition) is 4. The molecule has 1 aromatic rings. The van der Waals surface area contributed by atoms with Gasteiger partial charge in [-0.2, -0.15) is 11.8 Å². The zero-order chi connectivity index (χ0) is 17.2. The summed E-state index contributed by atoms with van der Waals surface area (Å²) in [5.74, 6) is 1.57. The predicted octanol–water partition coefficient (Wildman–Crippen LogP) is 3.21. The molecule has 2 unspecified atom stereocenters. The number of hydrogen-bond donors (Lipinski definition) is 2. The van der Waals surface area contributed by atoms with Crippen LogP contribution < -0.4 is 15.4 Å². The molecule has 5 nitrogen and oxygen atoms in total. The third-order valence-corrected chi connectivity index (χ3v) is 5.41. The summed E-state index contributed by atoms with van der Waals surface area (Å²) in [5, 5.41) is 7.70. The number of ether oxygens (including phenoxy) is 1. The molecule has 0 bridgehead atoms. The van der Waals surface area contributed by atoms with Crippen LogP contribution >= 0.6 is 11.8 Å². The van der Waals surface area contributed by atoms with E-state index in [0.29, 0.717) is 19.2 Å². The largest absolute Gasteiger partial charge is 0.477 e. The fourth-order valence-electron chi connectivity index (χ4n) is 2.85. The van der Waals surface area contributed by atoms with Crippen LogP contribution in [0.1, 0.15) is 44.6 Å². The lowest BCUT2D eigenvalue weighted by Gasteiger charge is -2.18. The molecule has 2 atom stereocenters. The zero-order valence-corrected chi connectivity index (χ0v) is 15.9. The van der Waals surface area contributed by atoms with Gasteiger partial charge in [-0.25, -0.2) is 4.98 Å². The molecule has 0 radical (unpaired) electrons. The highest BCUT2D eigenvalue weighted by molar-refractivity contribution is 7.99. The minimum atomic E-state index is 0.517. The first-order chi connectivity index (χ1) is 11.8. The average molecular weight is 351 g/mol. The molecule has 1 heterocycles. The predicted molar refractivity (Wildman–Crippen MR) is 103 cm³/mol. The van der Waals surface area contributed by atoms with Gasteiger partial charge in [-0.15, -0.1) is 0 Å². The highest BCUT2D eigenvalue weighted by atomic mass is 32.2. The van der Waals surface area contributed by atoms with Crippen molar-refractivity contribution in [3.05, 3.63) is 23.9 Å². The first kappa shape index (κ1) is 18.9. The third kappa shape index (κ3) is 5.89. The molecule has 0 amide bonds. The van der Waals surface area contributed by atoms with E-state index in [9.17, 15) is 0 Å². The maximum absolute atomic E-state index is 5.79. The Hall–Kier alpha value is -1.43. The van der Waals surface area contributed by atoms with E-state index in [1.165, 1.54) is 19.3 Å². The standard InChI is InChI=1S/C18H30N4OS/c1-4-5-11-23-17-14(7-6-10-20-17)13-21-18(19-2)22-15-8-9-16(12-15)24-3/h6-7,10,15-16H,4-5,8-9,11-13H2,1-3H3,(H2,19,21,22). The third-order valence-electron chi connectivity index (χ3n) is 4.32. The molecule has 0 aromatic carbocycles. The van der Waals surface area contributed by atoms with Crippen molar-refractivity contribution in [3.63, 3.8) is 0 Å². The molecular weight excluding hydrogens is 320 g/mol. The maximum Gasteiger partial charge on any atom is 0.218 e. The molecule has 1 fully saturated rings. The van der Waals surface area contributed by atoms with Gasteiger partial charge in [0.25, 0.3) is 0 Å². The van der Waals surface area contributed by atoms with Crippen molar-refractivity contribution in [2.24, 2.45) is 4.99 Å². The van der Waals surface area contributed by atoms with Crippen LogP contribution in [0.2, 0.25) is 0 Å². The fourth-order valence-corrected chi connectivity index (χ4v) is 3.65. The smallest absolute Gasteiger partial charge is 0.218 e. The summed E-state index contributed by atoms with van der Waals surface area (Å²) >= 11 is 1.97. The molecule has 2 rings (SSSR count). The number of thioether (sulfide) groups is 1. The van der Waals surface area contributed by atoms with Crippen molar-refractivity contribution in [3.8, 4) is 5.88 Å². The van der Waals surface area contributed by atoms with Crippen molar-refractivity contribution in [1.29, 1.82) is 0 Å². The zero-order valence-electron chi connectivity index (χ0n) is 15.0. The van der Waals surface area contributed by atoms with E-state index in [4.69, 9.17) is 4.74 Å². The summed E-state index contributed by atoms with van der Waals surface area (Å²) in [6.45, 7) is 3.53. The Morgan fingerprint density at radius 2 is 2.33 bits per heavy atom. The number of nitrogens with zero attached hydrogens (tertiary/aromatic N) is 2. The monoisotopic (exact) mass is 350 g/mol. The number of unbranched alkanes of at least 4 members (excludes halogenated alkanes) is 1. The van der Waals surface area contributed by atoms with Gasteiger partial charge in [0.1, 0.15) is 0 Å². The van der Waals surface area contributed by atoms with E-state index in [2.05, 4.69) is 33.8 Å². The summed E-state index contributed by atoms with van der Waals surface area (Å²) in [6.07, 6.45) is 9.85. The van der Waals surface area contributed by atoms with Gasteiger partial charge in [0.05, 0.1) is 6.61 Å². The van der Waals surface area contributed by atoms with E-state index in [0.717, 1.165) is 35.5 Å². The summed E-state index contributed by atoms with van der Waals surface area (Å²) in [6, 6.07) is 4.51. The van der Waals surface area contributed by atoms with Crippen molar-refractivity contribution in [2.75, 3.05) is 19.9 Å². The summed E-state index contributed by atoms with van der Waals surface area (Å²) in [4.78, 5) is 8.70. The first-order valence-electron chi connectivity index (χ1n) is 8.83. The number of guanidine groups is 1. The lowest BCUT2D eigenvalue weighted by Crippen LogP contribution is -2.42.